The second kappa shape index (κ2) is 8.97. The molecule has 4 rings (SSSR count). The van der Waals surface area contributed by atoms with Crippen LogP contribution in [0.25, 0.3) is 10.7 Å². The molecule has 3 heterocycles. The molecule has 0 aromatic carbocycles. The van der Waals surface area contributed by atoms with Crippen LogP contribution < -0.4 is 5.32 Å². The molecule has 146 valence electrons. The van der Waals surface area contributed by atoms with Crippen LogP contribution in [0, 0.1) is 12.3 Å². The number of aliphatic hydroxyl groups excluding tert-OH is 2. The Balaban J connectivity index is 0.000000706. The van der Waals surface area contributed by atoms with E-state index in [0.29, 0.717) is 23.1 Å². The maximum absolute atomic E-state index is 9.69. The zero-order valence-corrected chi connectivity index (χ0v) is 16.6. The zero-order chi connectivity index (χ0) is 20.1. The molecule has 0 spiro atoms. The second-order valence-corrected chi connectivity index (χ2v) is 7.52. The molecule has 1 fully saturated rings. The summed E-state index contributed by atoms with van der Waals surface area (Å²) in [4.78, 5) is 10.7. The smallest absolute Gasteiger partial charge is 0.171 e. The molecule has 1 unspecified atom stereocenters. The van der Waals surface area contributed by atoms with Crippen molar-refractivity contribution in [2.45, 2.75) is 38.7 Å². The standard InChI is InChI=1S/C18H17N5OS.C2H6O/c1-3-11-9-19-18(15-7-6-14(25-15)10(2)24)21-17(11)20-16-8-13(22-23-16)12-4-5-12;1-2-3/h1,6-10,12,24H,4-5H2,2H3,(H2,19,20,21,22,23);3H,2H2,1H3. The number of hydrogen-bond acceptors (Lipinski definition) is 7. The van der Waals surface area contributed by atoms with Crippen molar-refractivity contribution in [1.82, 2.24) is 20.2 Å². The first kappa shape index (κ1) is 20.0. The Hall–Kier alpha value is -2.73. The summed E-state index contributed by atoms with van der Waals surface area (Å²) in [5, 5.41) is 27.8. The molecule has 7 nitrogen and oxygen atoms in total. The van der Waals surface area contributed by atoms with Crippen LogP contribution in [0.3, 0.4) is 0 Å². The van der Waals surface area contributed by atoms with E-state index in [1.165, 1.54) is 24.2 Å². The number of aromatic nitrogens is 4. The lowest BCUT2D eigenvalue weighted by Crippen LogP contribution is -2.00. The highest BCUT2D eigenvalue weighted by Gasteiger charge is 2.26. The summed E-state index contributed by atoms with van der Waals surface area (Å²) in [7, 11) is 0. The first-order chi connectivity index (χ1) is 13.5. The summed E-state index contributed by atoms with van der Waals surface area (Å²) in [5.41, 5.74) is 1.65. The highest BCUT2D eigenvalue weighted by molar-refractivity contribution is 7.15. The molecule has 1 saturated carbocycles. The van der Waals surface area contributed by atoms with Gasteiger partial charge in [0.1, 0.15) is 5.82 Å². The number of rotatable bonds is 5. The van der Waals surface area contributed by atoms with Gasteiger partial charge in [0.15, 0.2) is 11.6 Å². The zero-order valence-electron chi connectivity index (χ0n) is 15.8. The molecule has 0 saturated heterocycles. The van der Waals surface area contributed by atoms with Gasteiger partial charge in [-0.1, -0.05) is 5.92 Å². The number of nitrogens with zero attached hydrogens (tertiary/aromatic N) is 3. The number of anilines is 2. The van der Waals surface area contributed by atoms with Crippen LogP contribution in [0.1, 0.15) is 54.8 Å². The SMILES string of the molecule is C#Cc1cnc(-c2ccc(C(C)O)s2)nc1Nc1cc(C2CC2)n[nH]1.CCO. The van der Waals surface area contributed by atoms with Crippen molar-refractivity contribution in [3.05, 3.63) is 40.5 Å². The van der Waals surface area contributed by atoms with Gasteiger partial charge >= 0.3 is 0 Å². The van der Waals surface area contributed by atoms with Crippen LogP contribution in [-0.2, 0) is 0 Å². The molecule has 8 heteroatoms. The quantitative estimate of drug-likeness (QED) is 0.490. The minimum absolute atomic E-state index is 0.250. The van der Waals surface area contributed by atoms with Gasteiger partial charge in [0.05, 0.1) is 22.2 Å². The molecule has 0 amide bonds. The van der Waals surface area contributed by atoms with E-state index >= 15 is 0 Å². The molecular formula is C20H23N5O2S. The van der Waals surface area contributed by atoms with Crippen molar-refractivity contribution in [1.29, 1.82) is 0 Å². The van der Waals surface area contributed by atoms with Gasteiger partial charge in [0, 0.05) is 29.7 Å². The Bertz CT molecular complexity index is 969. The van der Waals surface area contributed by atoms with E-state index in [9.17, 15) is 5.11 Å². The third kappa shape index (κ3) is 4.75. The van der Waals surface area contributed by atoms with E-state index in [0.717, 1.165) is 21.3 Å². The van der Waals surface area contributed by atoms with Crippen molar-refractivity contribution in [2.75, 3.05) is 11.9 Å². The lowest BCUT2D eigenvalue weighted by atomic mass is 10.3. The lowest BCUT2D eigenvalue weighted by molar-refractivity contribution is 0.203. The summed E-state index contributed by atoms with van der Waals surface area (Å²) in [5.74, 6) is 5.07. The van der Waals surface area contributed by atoms with Crippen molar-refractivity contribution in [3.8, 4) is 23.0 Å². The van der Waals surface area contributed by atoms with Gasteiger partial charge < -0.3 is 15.5 Å². The number of thiophene rings is 1. The first-order valence-corrected chi connectivity index (χ1v) is 9.92. The molecule has 0 bridgehead atoms. The first-order valence-electron chi connectivity index (χ1n) is 9.10. The van der Waals surface area contributed by atoms with Crippen LogP contribution in [0.2, 0.25) is 0 Å². The van der Waals surface area contributed by atoms with Crippen LogP contribution in [-0.4, -0.2) is 37.0 Å². The van der Waals surface area contributed by atoms with Gasteiger partial charge in [-0.05, 0) is 38.8 Å². The van der Waals surface area contributed by atoms with Crippen LogP contribution in [0.5, 0.6) is 0 Å². The molecule has 0 aliphatic heterocycles. The Morgan fingerprint density at radius 2 is 2.18 bits per heavy atom. The summed E-state index contributed by atoms with van der Waals surface area (Å²) in [6.07, 6.45) is 9.09. The molecule has 1 aliphatic rings. The summed E-state index contributed by atoms with van der Waals surface area (Å²) >= 11 is 1.46. The molecule has 3 aromatic rings. The number of terminal acetylenes is 1. The summed E-state index contributed by atoms with van der Waals surface area (Å²) in [6.45, 7) is 3.67. The Morgan fingerprint density at radius 1 is 1.43 bits per heavy atom. The molecule has 1 aliphatic carbocycles. The highest BCUT2D eigenvalue weighted by atomic mass is 32.1. The Kier molecular flexibility index (Phi) is 6.41. The highest BCUT2D eigenvalue weighted by Crippen LogP contribution is 2.39. The van der Waals surface area contributed by atoms with E-state index < -0.39 is 6.10 Å². The van der Waals surface area contributed by atoms with Crippen molar-refractivity contribution < 1.29 is 10.2 Å². The maximum Gasteiger partial charge on any atom is 0.171 e. The third-order valence-corrected chi connectivity index (χ3v) is 5.30. The van der Waals surface area contributed by atoms with Gasteiger partial charge in [-0.25, -0.2) is 9.97 Å². The minimum atomic E-state index is -0.507. The fourth-order valence-electron chi connectivity index (χ4n) is 2.52. The second-order valence-electron chi connectivity index (χ2n) is 6.40. The summed E-state index contributed by atoms with van der Waals surface area (Å²) in [6, 6.07) is 5.78. The van der Waals surface area contributed by atoms with Crippen molar-refractivity contribution in [3.63, 3.8) is 0 Å². The van der Waals surface area contributed by atoms with Crippen LogP contribution >= 0.6 is 11.3 Å². The Labute approximate surface area is 167 Å². The average Bonchev–Trinajstić information content (AvgIpc) is 3.22. The van der Waals surface area contributed by atoms with E-state index in [1.807, 2.05) is 18.2 Å². The van der Waals surface area contributed by atoms with Crippen molar-refractivity contribution in [2.24, 2.45) is 0 Å². The molecule has 28 heavy (non-hydrogen) atoms. The minimum Gasteiger partial charge on any atom is -0.397 e. The van der Waals surface area contributed by atoms with E-state index in [-0.39, 0.29) is 6.61 Å². The maximum atomic E-state index is 9.69. The lowest BCUT2D eigenvalue weighted by Gasteiger charge is -2.07. The van der Waals surface area contributed by atoms with Gasteiger partial charge in [-0.3, -0.25) is 5.10 Å². The molecular weight excluding hydrogens is 374 g/mol. The van der Waals surface area contributed by atoms with Crippen LogP contribution in [0.4, 0.5) is 11.6 Å². The summed E-state index contributed by atoms with van der Waals surface area (Å²) < 4.78 is 0. The molecule has 0 radical (unpaired) electrons. The van der Waals surface area contributed by atoms with E-state index in [4.69, 9.17) is 11.5 Å². The van der Waals surface area contributed by atoms with Gasteiger partial charge in [-0.15, -0.1) is 17.8 Å². The predicted molar refractivity (Wildman–Crippen MR) is 111 cm³/mol. The predicted octanol–water partition coefficient (Wildman–Crippen LogP) is 3.58. The number of aromatic amines is 1. The number of hydrogen-bond donors (Lipinski definition) is 4. The topological polar surface area (TPSA) is 107 Å². The fraction of sp³-hybridized carbons (Fsp3) is 0.350. The normalized spacial score (nSPS) is 14.0. The fourth-order valence-corrected chi connectivity index (χ4v) is 3.40. The van der Waals surface area contributed by atoms with E-state index in [2.05, 4.69) is 31.4 Å². The molecule has 3 aromatic heterocycles. The Morgan fingerprint density at radius 3 is 2.79 bits per heavy atom. The third-order valence-electron chi connectivity index (χ3n) is 4.05. The van der Waals surface area contributed by atoms with Gasteiger partial charge in [0.2, 0.25) is 0 Å². The van der Waals surface area contributed by atoms with E-state index in [1.54, 1.807) is 20.0 Å². The average molecular weight is 398 g/mol. The largest absolute Gasteiger partial charge is 0.397 e. The molecule has 1 atom stereocenters. The van der Waals surface area contributed by atoms with Gasteiger partial charge in [0.25, 0.3) is 0 Å². The van der Waals surface area contributed by atoms with Crippen LogP contribution in [0.15, 0.2) is 24.4 Å². The number of nitrogens with one attached hydrogen (secondary N) is 2. The molecule has 4 N–H and O–H groups in total. The van der Waals surface area contributed by atoms with Gasteiger partial charge in [-0.2, -0.15) is 5.10 Å². The monoisotopic (exact) mass is 397 g/mol. The number of aliphatic hydroxyl groups is 2. The number of H-pyrrole nitrogens is 1. The van der Waals surface area contributed by atoms with Crippen molar-refractivity contribution >= 4 is 23.0 Å².